The average Bonchev–Trinajstić information content (AvgIpc) is 2.53. The van der Waals surface area contributed by atoms with Crippen molar-refractivity contribution in [3.8, 4) is 0 Å². The van der Waals surface area contributed by atoms with Crippen LogP contribution in [0.15, 0.2) is 0 Å². The summed E-state index contributed by atoms with van der Waals surface area (Å²) in [5.74, 6) is -0.489. The molecule has 22 heavy (non-hydrogen) atoms. The molecule has 6 nitrogen and oxygen atoms in total. The lowest BCUT2D eigenvalue weighted by molar-refractivity contribution is -0.141. The van der Waals surface area contributed by atoms with Gasteiger partial charge >= 0.3 is 11.9 Å². The van der Waals surface area contributed by atoms with E-state index in [0.29, 0.717) is 37.8 Å². The standard InChI is InChI=1S/C13H20Br3NO5/c14-8-11(18)2-1-3-17(4-6-21-12(19)9-15)5-7-22-13(20)10-16/h1-10H2. The molecule has 128 valence electrons. The molecule has 0 aliphatic heterocycles. The van der Waals surface area contributed by atoms with E-state index < -0.39 is 0 Å². The average molecular weight is 510 g/mol. The Morgan fingerprint density at radius 2 is 1.27 bits per heavy atom. The van der Waals surface area contributed by atoms with Crippen LogP contribution >= 0.6 is 47.8 Å². The molecular formula is C13H20Br3NO5. The van der Waals surface area contributed by atoms with Crippen LogP contribution in [0.1, 0.15) is 12.8 Å². The lowest BCUT2D eigenvalue weighted by Gasteiger charge is -2.21. The van der Waals surface area contributed by atoms with Crippen molar-refractivity contribution < 1.29 is 23.9 Å². The highest BCUT2D eigenvalue weighted by atomic mass is 79.9. The van der Waals surface area contributed by atoms with Crippen molar-refractivity contribution in [2.75, 3.05) is 48.8 Å². The molecule has 0 aromatic rings. The van der Waals surface area contributed by atoms with Gasteiger partial charge in [0.15, 0.2) is 0 Å². The van der Waals surface area contributed by atoms with E-state index in [1.807, 2.05) is 4.90 Å². The summed E-state index contributed by atoms with van der Waals surface area (Å²) in [5, 5.41) is 0.684. The fourth-order valence-electron chi connectivity index (χ4n) is 1.56. The van der Waals surface area contributed by atoms with Gasteiger partial charge in [-0.3, -0.25) is 19.3 Å². The van der Waals surface area contributed by atoms with Gasteiger partial charge in [-0.1, -0.05) is 47.8 Å². The van der Waals surface area contributed by atoms with Crippen LogP contribution in [-0.4, -0.2) is 71.5 Å². The van der Waals surface area contributed by atoms with Gasteiger partial charge in [-0.25, -0.2) is 0 Å². The van der Waals surface area contributed by atoms with Crippen LogP contribution in [0.25, 0.3) is 0 Å². The number of Topliss-reactive ketones (excluding diaryl/α,β-unsaturated/α-hetero) is 1. The minimum atomic E-state index is -0.319. The van der Waals surface area contributed by atoms with Gasteiger partial charge in [0.25, 0.3) is 0 Å². The highest BCUT2D eigenvalue weighted by molar-refractivity contribution is 9.09. The molecule has 0 aromatic carbocycles. The van der Waals surface area contributed by atoms with Gasteiger partial charge in [0.1, 0.15) is 29.7 Å². The first kappa shape index (κ1) is 22.0. The van der Waals surface area contributed by atoms with E-state index in [1.165, 1.54) is 0 Å². The number of carbonyl (C=O) groups is 3. The molecule has 0 aromatic heterocycles. The van der Waals surface area contributed by atoms with Crippen molar-refractivity contribution in [2.45, 2.75) is 12.8 Å². The normalized spacial score (nSPS) is 10.5. The van der Waals surface area contributed by atoms with Gasteiger partial charge < -0.3 is 9.47 Å². The Kier molecular flexibility index (Phi) is 14.6. The van der Waals surface area contributed by atoms with E-state index in [-0.39, 0.29) is 41.6 Å². The molecule has 0 aliphatic rings. The summed E-state index contributed by atoms with van der Waals surface area (Å²) in [7, 11) is 0. The number of ketones is 1. The highest BCUT2D eigenvalue weighted by Crippen LogP contribution is 2.00. The van der Waals surface area contributed by atoms with E-state index in [9.17, 15) is 14.4 Å². The van der Waals surface area contributed by atoms with Gasteiger partial charge in [-0.2, -0.15) is 0 Å². The number of ether oxygens (including phenoxy) is 2. The zero-order valence-electron chi connectivity index (χ0n) is 12.2. The third-order valence-corrected chi connectivity index (χ3v) is 4.18. The number of rotatable bonds is 13. The number of esters is 2. The molecule has 9 heteroatoms. The summed E-state index contributed by atoms with van der Waals surface area (Å²) < 4.78 is 10.0. The quantitative estimate of drug-likeness (QED) is 0.279. The first-order valence-corrected chi connectivity index (χ1v) is 10.1. The predicted octanol–water partition coefficient (Wildman–Crippen LogP) is 1.91. The summed E-state index contributed by atoms with van der Waals surface area (Å²) in [5.41, 5.74) is 0. The summed E-state index contributed by atoms with van der Waals surface area (Å²) in [4.78, 5) is 35.4. The largest absolute Gasteiger partial charge is 0.464 e. The molecule has 0 amide bonds. The Balaban J connectivity index is 4.09. The van der Waals surface area contributed by atoms with Crippen LogP contribution in [0.4, 0.5) is 0 Å². The van der Waals surface area contributed by atoms with Gasteiger partial charge in [-0.05, 0) is 13.0 Å². The molecule has 0 bridgehead atoms. The van der Waals surface area contributed by atoms with E-state index in [0.717, 1.165) is 0 Å². The second kappa shape index (κ2) is 14.6. The maximum absolute atomic E-state index is 11.3. The van der Waals surface area contributed by atoms with Crippen LogP contribution in [0.2, 0.25) is 0 Å². The molecule has 0 saturated heterocycles. The molecule has 0 aliphatic carbocycles. The number of carbonyl (C=O) groups excluding carboxylic acids is 3. The molecule has 0 radical (unpaired) electrons. The van der Waals surface area contributed by atoms with Gasteiger partial charge in [0.2, 0.25) is 0 Å². The topological polar surface area (TPSA) is 72.9 Å². The molecule has 0 saturated carbocycles. The number of hydrogen-bond acceptors (Lipinski definition) is 6. The second-order valence-electron chi connectivity index (χ2n) is 4.33. The van der Waals surface area contributed by atoms with Crippen molar-refractivity contribution in [2.24, 2.45) is 0 Å². The summed E-state index contributed by atoms with van der Waals surface area (Å²) in [6.45, 7) is 2.28. The smallest absolute Gasteiger partial charge is 0.316 e. The van der Waals surface area contributed by atoms with Crippen LogP contribution in [0.3, 0.4) is 0 Å². The number of nitrogens with zero attached hydrogens (tertiary/aromatic N) is 1. The monoisotopic (exact) mass is 507 g/mol. The first-order valence-electron chi connectivity index (χ1n) is 6.76. The SMILES string of the molecule is O=C(CBr)CCCN(CCOC(=O)CBr)CCOC(=O)CBr. The summed E-state index contributed by atoms with van der Waals surface area (Å²) >= 11 is 9.17. The van der Waals surface area contributed by atoms with E-state index in [4.69, 9.17) is 9.47 Å². The van der Waals surface area contributed by atoms with Crippen molar-refractivity contribution in [1.82, 2.24) is 4.90 Å². The maximum atomic E-state index is 11.3. The van der Waals surface area contributed by atoms with E-state index in [1.54, 1.807) is 0 Å². The van der Waals surface area contributed by atoms with Crippen LogP contribution in [-0.2, 0) is 23.9 Å². The lowest BCUT2D eigenvalue weighted by Crippen LogP contribution is -2.33. The van der Waals surface area contributed by atoms with Gasteiger partial charge in [-0.15, -0.1) is 0 Å². The lowest BCUT2D eigenvalue weighted by atomic mass is 10.2. The summed E-state index contributed by atoms with van der Waals surface area (Å²) in [6.07, 6.45) is 1.20. The molecular weight excluding hydrogens is 490 g/mol. The predicted molar refractivity (Wildman–Crippen MR) is 94.0 cm³/mol. The van der Waals surface area contributed by atoms with Crippen molar-refractivity contribution in [1.29, 1.82) is 0 Å². The second-order valence-corrected chi connectivity index (χ2v) is 6.01. The van der Waals surface area contributed by atoms with E-state index >= 15 is 0 Å². The van der Waals surface area contributed by atoms with Gasteiger partial charge in [0.05, 0.1) is 5.33 Å². The van der Waals surface area contributed by atoms with Crippen molar-refractivity contribution in [3.05, 3.63) is 0 Å². The first-order chi connectivity index (χ1) is 10.5. The van der Waals surface area contributed by atoms with Crippen molar-refractivity contribution in [3.63, 3.8) is 0 Å². The van der Waals surface area contributed by atoms with Crippen molar-refractivity contribution >= 4 is 65.5 Å². The molecule has 0 fully saturated rings. The van der Waals surface area contributed by atoms with Gasteiger partial charge in [0, 0.05) is 19.5 Å². The summed E-state index contributed by atoms with van der Waals surface area (Å²) in [6, 6.07) is 0. The highest BCUT2D eigenvalue weighted by Gasteiger charge is 2.09. The molecule has 0 spiro atoms. The maximum Gasteiger partial charge on any atom is 0.316 e. The Morgan fingerprint density at radius 3 is 1.68 bits per heavy atom. The Labute approximate surface area is 155 Å². The fraction of sp³-hybridized carbons (Fsp3) is 0.769. The molecule has 0 N–H and O–H groups in total. The minimum Gasteiger partial charge on any atom is -0.464 e. The zero-order chi connectivity index (χ0) is 16.8. The van der Waals surface area contributed by atoms with Crippen LogP contribution in [0.5, 0.6) is 0 Å². The van der Waals surface area contributed by atoms with E-state index in [2.05, 4.69) is 47.8 Å². The molecule has 0 heterocycles. The third-order valence-electron chi connectivity index (χ3n) is 2.64. The number of hydrogen-bond donors (Lipinski definition) is 0. The number of alkyl halides is 3. The third kappa shape index (κ3) is 12.5. The fourth-order valence-corrected chi connectivity index (χ4v) is 2.16. The molecule has 0 rings (SSSR count). The van der Waals surface area contributed by atoms with Crippen LogP contribution < -0.4 is 0 Å². The van der Waals surface area contributed by atoms with Crippen LogP contribution in [0, 0.1) is 0 Å². The number of halogens is 3. The Bertz CT molecular complexity index is 302. The Morgan fingerprint density at radius 1 is 0.773 bits per heavy atom. The zero-order valence-corrected chi connectivity index (χ0v) is 17.0. The molecule has 0 unspecified atom stereocenters. The molecule has 0 atom stereocenters. The minimum absolute atomic E-state index is 0.149. The Hall–Kier alpha value is 0.01000.